The smallest absolute Gasteiger partial charge is 0.237 e. The molecular weight excluding hydrogens is 490 g/mol. The minimum absolute atomic E-state index is 0.0361. The summed E-state index contributed by atoms with van der Waals surface area (Å²) in [7, 11) is 0. The van der Waals surface area contributed by atoms with Crippen LogP contribution in [0, 0.1) is 13.8 Å². The number of thioether (sulfide) groups is 1. The van der Waals surface area contributed by atoms with E-state index in [9.17, 15) is 4.79 Å². The van der Waals surface area contributed by atoms with Crippen molar-refractivity contribution in [2.75, 3.05) is 5.32 Å². The molecule has 0 aliphatic rings. The van der Waals surface area contributed by atoms with E-state index in [1.165, 1.54) is 17.3 Å². The summed E-state index contributed by atoms with van der Waals surface area (Å²) in [4.78, 5) is 23.5. The lowest BCUT2D eigenvalue weighted by atomic mass is 10.1. The van der Waals surface area contributed by atoms with Crippen LogP contribution in [0.3, 0.4) is 0 Å². The molecule has 6 nitrogen and oxygen atoms in total. The average molecular weight is 522 g/mol. The molecule has 1 N–H and O–H groups in total. The molecule has 0 aliphatic carbocycles. The van der Waals surface area contributed by atoms with E-state index in [2.05, 4.69) is 25.2 Å². The summed E-state index contributed by atoms with van der Waals surface area (Å²) >= 11 is 1.48. The van der Waals surface area contributed by atoms with Gasteiger partial charge in [-0.2, -0.15) is 5.10 Å². The molecule has 0 spiro atoms. The third kappa shape index (κ3) is 5.20. The van der Waals surface area contributed by atoms with E-state index in [4.69, 9.17) is 15.1 Å². The minimum atomic E-state index is -0.331. The molecule has 0 unspecified atom stereocenters. The molecule has 3 aromatic carbocycles. The van der Waals surface area contributed by atoms with Crippen LogP contribution < -0.4 is 5.32 Å². The number of para-hydroxylation sites is 1. The number of fused-ring (bicyclic) bond motifs is 1. The highest BCUT2D eigenvalue weighted by molar-refractivity contribution is 8.00. The number of carbonyl (C=O) groups is 1. The van der Waals surface area contributed by atoms with Gasteiger partial charge < -0.3 is 5.32 Å². The fraction of sp³-hybridized carbons (Fsp3) is 0.226. The van der Waals surface area contributed by atoms with Crippen molar-refractivity contribution in [1.29, 1.82) is 0 Å². The highest BCUT2D eigenvalue weighted by Crippen LogP contribution is 2.35. The van der Waals surface area contributed by atoms with Gasteiger partial charge in [-0.15, -0.1) is 0 Å². The molecule has 0 saturated carbocycles. The van der Waals surface area contributed by atoms with Crippen LogP contribution in [-0.4, -0.2) is 30.9 Å². The molecule has 38 heavy (non-hydrogen) atoms. The summed E-state index contributed by atoms with van der Waals surface area (Å²) in [5, 5.41) is 9.42. The number of rotatable bonds is 8. The fourth-order valence-electron chi connectivity index (χ4n) is 4.48. The summed E-state index contributed by atoms with van der Waals surface area (Å²) in [5.74, 6) is 0.580. The SMILES string of the molecule is CCc1nn(-c2ccccc2)c2nc(-c3ccccc3)nc(S[C@@H](CC)C(=O)Nc3ccc(C)cc3C)c12. The van der Waals surface area contributed by atoms with Gasteiger partial charge in [0.05, 0.1) is 22.0 Å². The molecule has 2 aromatic heterocycles. The monoisotopic (exact) mass is 521 g/mol. The lowest BCUT2D eigenvalue weighted by molar-refractivity contribution is -0.115. The summed E-state index contributed by atoms with van der Waals surface area (Å²) in [6.07, 6.45) is 1.38. The Bertz CT molecular complexity index is 1580. The Morgan fingerprint density at radius 2 is 1.66 bits per heavy atom. The largest absolute Gasteiger partial charge is 0.325 e. The second kappa shape index (κ2) is 11.2. The Labute approximate surface area is 227 Å². The van der Waals surface area contributed by atoms with Crippen molar-refractivity contribution in [2.45, 2.75) is 50.8 Å². The number of aryl methyl sites for hydroxylation is 3. The molecule has 0 aliphatic heterocycles. The van der Waals surface area contributed by atoms with Crippen molar-refractivity contribution in [3.8, 4) is 17.1 Å². The Kier molecular flexibility index (Phi) is 7.56. The van der Waals surface area contributed by atoms with Crippen LogP contribution in [0.5, 0.6) is 0 Å². The molecule has 1 amide bonds. The number of hydrogen-bond acceptors (Lipinski definition) is 5. The summed E-state index contributed by atoms with van der Waals surface area (Å²) in [6.45, 7) is 8.18. The number of amides is 1. The predicted octanol–water partition coefficient (Wildman–Crippen LogP) is 7.17. The van der Waals surface area contributed by atoms with Gasteiger partial charge in [-0.05, 0) is 50.5 Å². The van der Waals surface area contributed by atoms with Gasteiger partial charge in [-0.3, -0.25) is 4.79 Å². The van der Waals surface area contributed by atoms with Gasteiger partial charge in [0, 0.05) is 11.3 Å². The number of aromatic nitrogens is 4. The Morgan fingerprint density at radius 3 is 2.32 bits per heavy atom. The number of carbonyl (C=O) groups excluding carboxylic acids is 1. The number of hydrogen-bond donors (Lipinski definition) is 1. The van der Waals surface area contributed by atoms with Crippen LogP contribution in [0.1, 0.15) is 37.1 Å². The van der Waals surface area contributed by atoms with Crippen LogP contribution in [0.15, 0.2) is 83.9 Å². The Morgan fingerprint density at radius 1 is 0.947 bits per heavy atom. The van der Waals surface area contributed by atoms with Crippen molar-refractivity contribution in [3.05, 3.63) is 95.7 Å². The lowest BCUT2D eigenvalue weighted by Gasteiger charge is -2.17. The summed E-state index contributed by atoms with van der Waals surface area (Å²) in [5.41, 5.74) is 6.56. The van der Waals surface area contributed by atoms with E-state index in [0.29, 0.717) is 12.2 Å². The van der Waals surface area contributed by atoms with Crippen molar-refractivity contribution in [2.24, 2.45) is 0 Å². The number of anilines is 1. The molecule has 5 aromatic rings. The second-order valence-corrected chi connectivity index (χ2v) is 10.5. The van der Waals surface area contributed by atoms with Crippen LogP contribution >= 0.6 is 11.8 Å². The molecule has 0 bridgehead atoms. The van der Waals surface area contributed by atoms with E-state index in [1.54, 1.807) is 0 Å². The van der Waals surface area contributed by atoms with Crippen molar-refractivity contribution < 1.29 is 4.79 Å². The van der Waals surface area contributed by atoms with Gasteiger partial charge in [0.25, 0.3) is 0 Å². The Balaban J connectivity index is 1.61. The molecule has 5 rings (SSSR count). The van der Waals surface area contributed by atoms with Gasteiger partial charge in [0.1, 0.15) is 5.03 Å². The maximum absolute atomic E-state index is 13.5. The van der Waals surface area contributed by atoms with E-state index < -0.39 is 0 Å². The topological polar surface area (TPSA) is 72.7 Å². The van der Waals surface area contributed by atoms with Crippen LogP contribution in [0.25, 0.3) is 28.1 Å². The molecule has 0 fully saturated rings. The van der Waals surface area contributed by atoms with Crippen LogP contribution in [0.2, 0.25) is 0 Å². The third-order valence-electron chi connectivity index (χ3n) is 6.49. The molecule has 7 heteroatoms. The van der Waals surface area contributed by atoms with E-state index in [-0.39, 0.29) is 11.2 Å². The van der Waals surface area contributed by atoms with Crippen LogP contribution in [0.4, 0.5) is 5.69 Å². The predicted molar refractivity (Wildman–Crippen MR) is 156 cm³/mol. The van der Waals surface area contributed by atoms with Crippen LogP contribution in [-0.2, 0) is 11.2 Å². The normalized spacial score (nSPS) is 12.0. The minimum Gasteiger partial charge on any atom is -0.325 e. The van der Waals surface area contributed by atoms with E-state index >= 15 is 0 Å². The highest BCUT2D eigenvalue weighted by Gasteiger charge is 2.25. The van der Waals surface area contributed by atoms with Gasteiger partial charge >= 0.3 is 0 Å². The number of nitrogens with zero attached hydrogens (tertiary/aromatic N) is 4. The third-order valence-corrected chi connectivity index (χ3v) is 7.84. The summed E-state index contributed by atoms with van der Waals surface area (Å²) < 4.78 is 1.89. The average Bonchev–Trinajstić information content (AvgIpc) is 3.33. The molecule has 0 radical (unpaired) electrons. The molecule has 2 heterocycles. The first-order chi connectivity index (χ1) is 18.5. The first-order valence-corrected chi connectivity index (χ1v) is 13.8. The van der Waals surface area contributed by atoms with Gasteiger partial charge in [-0.25, -0.2) is 14.6 Å². The standard InChI is InChI=1S/C31H31N5OS/c1-5-24-27-29(36(35-24)23-15-11-8-12-16-23)33-28(22-13-9-7-10-14-22)34-31(27)38-26(6-2)30(37)32-25-18-17-20(3)19-21(25)4/h7-19,26H,5-6H2,1-4H3,(H,32,37)/t26-/m0/s1. The molecule has 192 valence electrons. The molecule has 1 atom stereocenters. The zero-order chi connectivity index (χ0) is 26.6. The van der Waals surface area contributed by atoms with Gasteiger partial charge in [-0.1, -0.05) is 91.8 Å². The number of nitrogens with one attached hydrogen (secondary N) is 1. The number of benzene rings is 3. The van der Waals surface area contributed by atoms with Crippen molar-refractivity contribution in [1.82, 2.24) is 19.7 Å². The maximum atomic E-state index is 13.5. The van der Waals surface area contributed by atoms with Crippen molar-refractivity contribution >= 4 is 34.4 Å². The lowest BCUT2D eigenvalue weighted by Crippen LogP contribution is -2.25. The quantitative estimate of drug-likeness (QED) is 0.173. The zero-order valence-electron chi connectivity index (χ0n) is 22.1. The van der Waals surface area contributed by atoms with Crippen molar-refractivity contribution in [3.63, 3.8) is 0 Å². The second-order valence-electron chi connectivity index (χ2n) is 9.29. The van der Waals surface area contributed by atoms with E-state index in [1.807, 2.05) is 91.3 Å². The Hall–Kier alpha value is -3.97. The highest BCUT2D eigenvalue weighted by atomic mass is 32.2. The van der Waals surface area contributed by atoms with E-state index in [0.717, 1.165) is 50.7 Å². The zero-order valence-corrected chi connectivity index (χ0v) is 22.9. The first-order valence-electron chi connectivity index (χ1n) is 12.9. The fourth-order valence-corrected chi connectivity index (χ4v) is 5.54. The van der Waals surface area contributed by atoms with Gasteiger partial charge in [0.2, 0.25) is 5.91 Å². The molecule has 0 saturated heterocycles. The van der Waals surface area contributed by atoms with Gasteiger partial charge in [0.15, 0.2) is 11.5 Å². The molecular formula is C31H31N5OS. The first kappa shape index (κ1) is 25.7. The maximum Gasteiger partial charge on any atom is 0.237 e. The summed E-state index contributed by atoms with van der Waals surface area (Å²) in [6, 6.07) is 26.0.